The molecule has 1 aliphatic carbocycles. The minimum atomic E-state index is 0.989. The number of hydrogen-bond acceptors (Lipinski definition) is 0. The van der Waals surface area contributed by atoms with Crippen LogP contribution in [0.25, 0.3) is 99.1 Å². The molecule has 0 bridgehead atoms. The Kier molecular flexibility index (Phi) is 6.43. The monoisotopic (exact) mass is 698 g/mol. The average molecular weight is 699 g/mol. The van der Waals surface area contributed by atoms with Crippen molar-refractivity contribution < 1.29 is 0 Å². The molecule has 0 amide bonds. The van der Waals surface area contributed by atoms with Crippen molar-refractivity contribution in [2.75, 3.05) is 0 Å². The van der Waals surface area contributed by atoms with E-state index in [9.17, 15) is 0 Å². The molecule has 9 aromatic carbocycles. The van der Waals surface area contributed by atoms with Crippen LogP contribution in [0, 0.1) is 0 Å². The van der Waals surface area contributed by atoms with Crippen molar-refractivity contribution in [3.63, 3.8) is 0 Å². The number of aromatic nitrogens is 2. The summed E-state index contributed by atoms with van der Waals surface area (Å²) in [5.41, 5.74) is 17.8. The Morgan fingerprint density at radius 2 is 0.891 bits per heavy atom. The molecule has 0 N–H and O–H groups in total. The van der Waals surface area contributed by atoms with E-state index in [1.165, 1.54) is 110 Å². The quantitative estimate of drug-likeness (QED) is 0.173. The number of rotatable bonds is 4. The maximum absolute atomic E-state index is 2.47. The fourth-order valence-electron chi connectivity index (χ4n) is 9.55. The van der Waals surface area contributed by atoms with Gasteiger partial charge in [0, 0.05) is 32.6 Å². The Bertz CT molecular complexity index is 3340. The predicted octanol–water partition coefficient (Wildman–Crippen LogP) is 13.9. The van der Waals surface area contributed by atoms with Crippen LogP contribution in [0.3, 0.4) is 0 Å². The SMILES string of the molecule is c1ccc(-n2c3ccccc3c3ccc(-c4ccc5c(c4)c4ccccc4n5-c4cccc5c(-c6cccc7c6-c6ccccc6C7)cccc45)cc32)cc1. The molecule has 55 heavy (non-hydrogen) atoms. The van der Waals surface area contributed by atoms with Crippen molar-refractivity contribution in [1.29, 1.82) is 0 Å². The summed E-state index contributed by atoms with van der Waals surface area (Å²) in [5.74, 6) is 0. The van der Waals surface area contributed by atoms with Crippen LogP contribution in [0.4, 0.5) is 0 Å². The number of para-hydroxylation sites is 3. The molecule has 256 valence electrons. The van der Waals surface area contributed by atoms with E-state index >= 15 is 0 Å². The van der Waals surface area contributed by atoms with Crippen LogP contribution in [0.2, 0.25) is 0 Å². The Hall–Kier alpha value is -7.16. The number of benzene rings is 9. The Balaban J connectivity index is 1.05. The summed E-state index contributed by atoms with van der Waals surface area (Å²) in [4.78, 5) is 0. The minimum Gasteiger partial charge on any atom is -0.309 e. The van der Waals surface area contributed by atoms with Crippen molar-refractivity contribution in [2.24, 2.45) is 0 Å². The van der Waals surface area contributed by atoms with Gasteiger partial charge in [-0.05, 0) is 105 Å². The third-order valence-corrected chi connectivity index (χ3v) is 11.9. The van der Waals surface area contributed by atoms with E-state index in [0.717, 1.165) is 6.42 Å². The lowest BCUT2D eigenvalue weighted by atomic mass is 9.91. The van der Waals surface area contributed by atoms with E-state index in [1.807, 2.05) is 0 Å². The van der Waals surface area contributed by atoms with Crippen LogP contribution in [0.15, 0.2) is 194 Å². The highest BCUT2D eigenvalue weighted by Gasteiger charge is 2.23. The summed E-state index contributed by atoms with van der Waals surface area (Å²) in [7, 11) is 0. The molecule has 1 aliphatic rings. The van der Waals surface area contributed by atoms with Crippen molar-refractivity contribution in [3.8, 4) is 44.8 Å². The normalized spacial score (nSPS) is 12.3. The second-order valence-corrected chi connectivity index (χ2v) is 14.9. The van der Waals surface area contributed by atoms with Gasteiger partial charge < -0.3 is 9.13 Å². The van der Waals surface area contributed by atoms with Gasteiger partial charge in [-0.1, -0.05) is 146 Å². The van der Waals surface area contributed by atoms with Gasteiger partial charge in [-0.3, -0.25) is 0 Å². The number of fused-ring (bicyclic) bond motifs is 10. The topological polar surface area (TPSA) is 9.86 Å². The summed E-state index contributed by atoms with van der Waals surface area (Å²) in [5, 5.41) is 7.55. The lowest BCUT2D eigenvalue weighted by Gasteiger charge is -2.16. The van der Waals surface area contributed by atoms with Crippen LogP contribution in [0.1, 0.15) is 11.1 Å². The number of hydrogen-bond donors (Lipinski definition) is 0. The van der Waals surface area contributed by atoms with Crippen LogP contribution in [-0.2, 0) is 6.42 Å². The fraction of sp³-hybridized carbons (Fsp3) is 0.0189. The van der Waals surface area contributed by atoms with Gasteiger partial charge in [0.05, 0.1) is 27.8 Å². The van der Waals surface area contributed by atoms with Crippen LogP contribution in [0.5, 0.6) is 0 Å². The van der Waals surface area contributed by atoms with Crippen LogP contribution in [-0.4, -0.2) is 9.13 Å². The van der Waals surface area contributed by atoms with Crippen molar-refractivity contribution in [3.05, 3.63) is 205 Å². The van der Waals surface area contributed by atoms with E-state index in [4.69, 9.17) is 0 Å². The highest BCUT2D eigenvalue weighted by Crippen LogP contribution is 2.46. The summed E-state index contributed by atoms with van der Waals surface area (Å²) in [6.45, 7) is 0. The zero-order valence-electron chi connectivity index (χ0n) is 30.1. The fourth-order valence-corrected chi connectivity index (χ4v) is 9.55. The summed E-state index contributed by atoms with van der Waals surface area (Å²) in [6, 6.07) is 71.6. The lowest BCUT2D eigenvalue weighted by Crippen LogP contribution is -1.96. The Morgan fingerprint density at radius 3 is 1.78 bits per heavy atom. The highest BCUT2D eigenvalue weighted by molar-refractivity contribution is 6.14. The molecule has 0 fully saturated rings. The second-order valence-electron chi connectivity index (χ2n) is 14.9. The lowest BCUT2D eigenvalue weighted by molar-refractivity contribution is 1.18. The first-order valence-electron chi connectivity index (χ1n) is 19.1. The smallest absolute Gasteiger partial charge is 0.0547 e. The zero-order chi connectivity index (χ0) is 36.0. The van der Waals surface area contributed by atoms with Gasteiger partial charge >= 0.3 is 0 Å². The van der Waals surface area contributed by atoms with Crippen molar-refractivity contribution in [2.45, 2.75) is 6.42 Å². The first kappa shape index (κ1) is 30.3. The largest absolute Gasteiger partial charge is 0.309 e. The highest BCUT2D eigenvalue weighted by atomic mass is 15.0. The van der Waals surface area contributed by atoms with E-state index < -0.39 is 0 Å². The van der Waals surface area contributed by atoms with Gasteiger partial charge in [-0.25, -0.2) is 0 Å². The third-order valence-electron chi connectivity index (χ3n) is 11.9. The predicted molar refractivity (Wildman–Crippen MR) is 232 cm³/mol. The first-order chi connectivity index (χ1) is 27.3. The average Bonchev–Trinajstić information content (AvgIpc) is 3.91. The van der Waals surface area contributed by atoms with E-state index in [-0.39, 0.29) is 0 Å². The molecule has 0 radical (unpaired) electrons. The molecule has 12 rings (SSSR count). The van der Waals surface area contributed by atoms with Gasteiger partial charge in [0.15, 0.2) is 0 Å². The first-order valence-corrected chi connectivity index (χ1v) is 19.1. The van der Waals surface area contributed by atoms with Crippen molar-refractivity contribution in [1.82, 2.24) is 9.13 Å². The maximum atomic E-state index is 2.47. The van der Waals surface area contributed by atoms with Gasteiger partial charge in [-0.2, -0.15) is 0 Å². The molecule has 11 aromatic rings. The molecule has 0 saturated heterocycles. The van der Waals surface area contributed by atoms with Gasteiger partial charge in [0.2, 0.25) is 0 Å². The summed E-state index contributed by atoms with van der Waals surface area (Å²) in [6.07, 6.45) is 0.989. The third kappa shape index (κ3) is 4.43. The molecule has 0 spiro atoms. The van der Waals surface area contributed by atoms with E-state index in [1.54, 1.807) is 0 Å². The van der Waals surface area contributed by atoms with Gasteiger partial charge in [0.1, 0.15) is 0 Å². The van der Waals surface area contributed by atoms with Crippen LogP contribution >= 0.6 is 0 Å². The second kappa shape index (κ2) is 11.7. The molecule has 2 aromatic heterocycles. The maximum Gasteiger partial charge on any atom is 0.0547 e. The number of nitrogens with zero attached hydrogens (tertiary/aromatic N) is 2. The van der Waals surface area contributed by atoms with Crippen LogP contribution < -0.4 is 0 Å². The van der Waals surface area contributed by atoms with Gasteiger partial charge in [0.25, 0.3) is 0 Å². The molecule has 2 heteroatoms. The summed E-state index contributed by atoms with van der Waals surface area (Å²) < 4.78 is 4.87. The Labute approximate surface area is 318 Å². The van der Waals surface area contributed by atoms with Crippen molar-refractivity contribution >= 4 is 54.4 Å². The standard InChI is InChI=1S/C53H34N2/c1-2-15-38(16-3-1)54-48-24-8-6-18-43(48)45-29-27-35(33-52(45)54)34-28-30-51-47(32-34)44-19-7-9-25-49(44)55(51)50-26-12-21-40-41(20-11-22-42(40)50)46-23-10-14-37-31-36-13-4-5-17-39(36)53(37)46/h1-30,32-33H,31H2. The molecule has 0 atom stereocenters. The molecule has 0 saturated carbocycles. The Morgan fingerprint density at radius 1 is 0.309 bits per heavy atom. The molecular formula is C53H34N2. The van der Waals surface area contributed by atoms with Gasteiger partial charge in [-0.15, -0.1) is 0 Å². The minimum absolute atomic E-state index is 0.989. The zero-order valence-corrected chi connectivity index (χ0v) is 30.1. The molecule has 2 nitrogen and oxygen atoms in total. The summed E-state index contributed by atoms with van der Waals surface area (Å²) >= 11 is 0. The molecular weight excluding hydrogens is 665 g/mol. The molecule has 0 unspecified atom stereocenters. The van der Waals surface area contributed by atoms with E-state index in [0.29, 0.717) is 0 Å². The molecule has 2 heterocycles. The van der Waals surface area contributed by atoms with E-state index in [2.05, 4.69) is 203 Å². The molecule has 0 aliphatic heterocycles.